The Hall–Kier alpha value is -2.42. The third-order valence-corrected chi connectivity index (χ3v) is 4.92. The largest absolute Gasteiger partial charge is 0.753 e. The summed E-state index contributed by atoms with van der Waals surface area (Å²) in [5, 5.41) is 11.6. The van der Waals surface area contributed by atoms with E-state index in [1.807, 2.05) is 18.2 Å². The van der Waals surface area contributed by atoms with Crippen LogP contribution in [0.15, 0.2) is 52.4 Å². The Bertz CT molecular complexity index is 960. The first-order valence-electron chi connectivity index (χ1n) is 7.28. The molecule has 0 spiro atoms. The zero-order valence-electron chi connectivity index (χ0n) is 13.0. The zero-order chi connectivity index (χ0) is 18.7. The first-order chi connectivity index (χ1) is 12.4. The average molecular weight is 406 g/mol. The van der Waals surface area contributed by atoms with Crippen molar-refractivity contribution in [3.05, 3.63) is 73.6 Å². The van der Waals surface area contributed by atoms with Gasteiger partial charge in [0.05, 0.1) is 9.83 Å². The van der Waals surface area contributed by atoms with E-state index in [4.69, 9.17) is 29.0 Å². The minimum absolute atomic E-state index is 0.114. The predicted octanol–water partition coefficient (Wildman–Crippen LogP) is 4.34. The maximum absolute atomic E-state index is 11.8. The standard InChI is InChI=1S/C17H11ClN2O4S2/c18-13-4-2-1-3-10(13)9-24-14-6-5-12(20(22)23)7-11(14)8-15-16(21)19-17(25)26-15/h1-8H,9H2,(H,19,21,25)/p-1/b15-8-. The summed E-state index contributed by atoms with van der Waals surface area (Å²) in [5.41, 5.74) is 1.05. The minimum atomic E-state index is -0.515. The number of ether oxygens (including phenoxy) is 1. The van der Waals surface area contributed by atoms with Crippen LogP contribution in [0.3, 0.4) is 0 Å². The Kier molecular flexibility index (Phi) is 5.55. The third-order valence-electron chi connectivity index (χ3n) is 3.43. The number of nitro benzene ring substituents is 1. The highest BCUT2D eigenvalue weighted by molar-refractivity contribution is 8.30. The second-order valence-corrected chi connectivity index (χ2v) is 7.24. The van der Waals surface area contributed by atoms with Gasteiger partial charge in [-0.2, -0.15) is 0 Å². The normalized spacial score (nSPS) is 15.2. The molecule has 2 aromatic rings. The Morgan fingerprint density at radius 1 is 1.31 bits per heavy atom. The number of rotatable bonds is 5. The maximum Gasteiger partial charge on any atom is 0.282 e. The topological polar surface area (TPSA) is 81.8 Å². The summed E-state index contributed by atoms with van der Waals surface area (Å²) in [5.74, 6) is -0.0854. The van der Waals surface area contributed by atoms with Crippen LogP contribution >= 0.6 is 23.4 Å². The summed E-state index contributed by atoms with van der Waals surface area (Å²) in [6.45, 7) is 0.178. The van der Waals surface area contributed by atoms with Gasteiger partial charge in [-0.05, 0) is 22.6 Å². The zero-order valence-corrected chi connectivity index (χ0v) is 15.4. The van der Waals surface area contributed by atoms with Gasteiger partial charge < -0.3 is 17.4 Å². The number of thioether (sulfide) groups is 1. The summed E-state index contributed by atoms with van der Waals surface area (Å²) < 4.78 is 5.99. The molecule has 3 rings (SSSR count). The molecule has 2 aromatic carbocycles. The molecule has 0 radical (unpaired) electrons. The first kappa shape index (κ1) is 18.4. The van der Waals surface area contributed by atoms with Crippen LogP contribution in [0.25, 0.3) is 6.08 Å². The van der Waals surface area contributed by atoms with Crippen molar-refractivity contribution in [3.8, 4) is 5.75 Å². The van der Waals surface area contributed by atoms with Crippen molar-refractivity contribution in [1.29, 1.82) is 0 Å². The van der Waals surface area contributed by atoms with Crippen LogP contribution in [0, 0.1) is 10.1 Å². The Morgan fingerprint density at radius 2 is 2.08 bits per heavy atom. The van der Waals surface area contributed by atoms with E-state index in [0.717, 1.165) is 17.3 Å². The number of non-ortho nitro benzene ring substituents is 1. The summed E-state index contributed by atoms with van der Waals surface area (Å²) in [6.07, 6.45) is 1.49. The summed E-state index contributed by atoms with van der Waals surface area (Å²) in [4.78, 5) is 26.3. The molecule has 6 nitrogen and oxygen atoms in total. The molecule has 0 saturated carbocycles. The van der Waals surface area contributed by atoms with Crippen LogP contribution < -0.4 is 4.74 Å². The van der Waals surface area contributed by atoms with Gasteiger partial charge >= 0.3 is 0 Å². The van der Waals surface area contributed by atoms with Gasteiger partial charge in [-0.25, -0.2) is 4.99 Å². The van der Waals surface area contributed by atoms with E-state index in [-0.39, 0.29) is 21.6 Å². The maximum atomic E-state index is 11.8. The molecule has 0 atom stereocenters. The number of aliphatic imine (C=N–C) groups is 1. The van der Waals surface area contributed by atoms with Gasteiger partial charge in [-0.3, -0.25) is 14.9 Å². The molecule has 0 N–H and O–H groups in total. The monoisotopic (exact) mass is 405 g/mol. The minimum Gasteiger partial charge on any atom is -0.753 e. The summed E-state index contributed by atoms with van der Waals surface area (Å²) >= 11 is 12.1. The van der Waals surface area contributed by atoms with Crippen molar-refractivity contribution >= 4 is 58.0 Å². The van der Waals surface area contributed by atoms with E-state index in [0.29, 0.717) is 16.3 Å². The van der Waals surface area contributed by atoms with Gasteiger partial charge in [0.25, 0.3) is 11.6 Å². The van der Waals surface area contributed by atoms with Gasteiger partial charge in [0.15, 0.2) is 0 Å². The van der Waals surface area contributed by atoms with Crippen LogP contribution in [0.4, 0.5) is 5.69 Å². The Labute approximate surface area is 163 Å². The lowest BCUT2D eigenvalue weighted by atomic mass is 10.1. The average Bonchev–Trinajstić information content (AvgIpc) is 2.92. The number of hydrogen-bond donors (Lipinski definition) is 0. The quantitative estimate of drug-likeness (QED) is 0.318. The highest BCUT2D eigenvalue weighted by Gasteiger charge is 2.18. The van der Waals surface area contributed by atoms with Crippen molar-refractivity contribution < 1.29 is 14.5 Å². The lowest BCUT2D eigenvalue weighted by Crippen LogP contribution is -1.99. The number of carbonyl (C=O) groups is 1. The highest BCUT2D eigenvalue weighted by Crippen LogP contribution is 2.33. The lowest BCUT2D eigenvalue weighted by Gasteiger charge is -2.11. The molecular formula is C17H10ClN2O4S2-. The number of amides is 1. The molecule has 9 heteroatoms. The fourth-order valence-electron chi connectivity index (χ4n) is 2.20. The molecule has 132 valence electrons. The number of carbonyl (C=O) groups excluding carboxylic acids is 1. The van der Waals surface area contributed by atoms with Crippen LogP contribution in [0.5, 0.6) is 5.75 Å². The fraction of sp³-hybridized carbons (Fsp3) is 0.0588. The molecule has 1 heterocycles. The van der Waals surface area contributed by atoms with Crippen molar-refractivity contribution in [2.45, 2.75) is 6.61 Å². The number of benzene rings is 2. The van der Waals surface area contributed by atoms with Gasteiger partial charge in [-0.15, -0.1) is 0 Å². The van der Waals surface area contributed by atoms with E-state index < -0.39 is 10.8 Å². The molecule has 1 aliphatic heterocycles. The smallest absolute Gasteiger partial charge is 0.282 e. The van der Waals surface area contributed by atoms with Crippen molar-refractivity contribution in [2.24, 2.45) is 4.99 Å². The van der Waals surface area contributed by atoms with Crippen molar-refractivity contribution in [2.75, 3.05) is 0 Å². The number of nitrogens with zero attached hydrogens (tertiary/aromatic N) is 2. The van der Waals surface area contributed by atoms with E-state index in [1.54, 1.807) is 6.07 Å². The number of hydrogen-bond acceptors (Lipinski definition) is 6. The van der Waals surface area contributed by atoms with Gasteiger partial charge in [0.2, 0.25) is 0 Å². The first-order valence-corrected chi connectivity index (χ1v) is 8.88. The van der Waals surface area contributed by atoms with Crippen molar-refractivity contribution in [3.63, 3.8) is 0 Å². The van der Waals surface area contributed by atoms with Gasteiger partial charge in [0.1, 0.15) is 12.4 Å². The molecule has 0 unspecified atom stereocenters. The molecule has 0 fully saturated rings. The molecule has 0 aromatic heterocycles. The molecule has 0 aliphatic carbocycles. The second-order valence-electron chi connectivity index (χ2n) is 5.15. The van der Waals surface area contributed by atoms with E-state index in [2.05, 4.69) is 4.99 Å². The number of halogens is 1. The van der Waals surface area contributed by atoms with Gasteiger partial charge in [0, 0.05) is 28.3 Å². The fourth-order valence-corrected chi connectivity index (χ4v) is 3.37. The Balaban J connectivity index is 1.92. The van der Waals surface area contributed by atoms with Crippen molar-refractivity contribution in [1.82, 2.24) is 0 Å². The van der Waals surface area contributed by atoms with Crippen LogP contribution in [-0.2, 0) is 24.0 Å². The SMILES string of the molecule is O=C1N=C([S-])S/C1=C\c1cc([N+](=O)[O-])ccc1OCc1ccccc1Cl. The molecule has 1 aliphatic rings. The predicted molar refractivity (Wildman–Crippen MR) is 104 cm³/mol. The second kappa shape index (κ2) is 7.86. The molecule has 0 bridgehead atoms. The van der Waals surface area contributed by atoms with Gasteiger partial charge in [-0.1, -0.05) is 41.6 Å². The Morgan fingerprint density at radius 3 is 2.73 bits per heavy atom. The molecular weight excluding hydrogens is 396 g/mol. The lowest BCUT2D eigenvalue weighted by molar-refractivity contribution is -0.384. The highest BCUT2D eigenvalue weighted by atomic mass is 35.5. The molecule has 26 heavy (non-hydrogen) atoms. The van der Waals surface area contributed by atoms with E-state index in [9.17, 15) is 14.9 Å². The number of nitro groups is 1. The third kappa shape index (κ3) is 4.21. The van der Waals surface area contributed by atoms with E-state index >= 15 is 0 Å². The molecule has 1 amide bonds. The summed E-state index contributed by atoms with van der Waals surface area (Å²) in [7, 11) is 0. The van der Waals surface area contributed by atoms with Crippen LogP contribution in [0.2, 0.25) is 5.02 Å². The van der Waals surface area contributed by atoms with Crippen LogP contribution in [-0.4, -0.2) is 15.2 Å². The molecule has 0 saturated heterocycles. The van der Waals surface area contributed by atoms with E-state index in [1.165, 1.54) is 24.3 Å². The van der Waals surface area contributed by atoms with Crippen LogP contribution in [0.1, 0.15) is 11.1 Å². The summed E-state index contributed by atoms with van der Waals surface area (Å²) in [6, 6.07) is 11.4.